The van der Waals surface area contributed by atoms with E-state index in [4.69, 9.17) is 5.73 Å². The number of hydrogen-bond donors (Lipinski definition) is 1. The standard InChI is InChI=1S/C12H13N3O2/c13-6-9(7-3-4-7)15-11(16)8-2-1-5-14-10(8)12(15)17/h1-2,5,7,9H,3-4,6,13H2. The maximum atomic E-state index is 12.1. The van der Waals surface area contributed by atoms with Crippen molar-refractivity contribution in [3.8, 4) is 0 Å². The van der Waals surface area contributed by atoms with Gasteiger partial charge in [0.2, 0.25) is 0 Å². The molecule has 3 rings (SSSR count). The quantitative estimate of drug-likeness (QED) is 0.765. The maximum Gasteiger partial charge on any atom is 0.280 e. The average molecular weight is 231 g/mol. The number of carbonyl (C=O) groups excluding carboxylic acids is 2. The highest BCUT2D eigenvalue weighted by Crippen LogP contribution is 2.37. The van der Waals surface area contributed by atoms with Crippen molar-refractivity contribution in [2.24, 2.45) is 11.7 Å². The van der Waals surface area contributed by atoms with Crippen LogP contribution in [-0.2, 0) is 0 Å². The maximum absolute atomic E-state index is 12.1. The van der Waals surface area contributed by atoms with Crippen LogP contribution in [0.5, 0.6) is 0 Å². The first-order valence-electron chi connectivity index (χ1n) is 5.77. The number of pyridine rings is 1. The van der Waals surface area contributed by atoms with Crippen molar-refractivity contribution < 1.29 is 9.59 Å². The van der Waals surface area contributed by atoms with Gasteiger partial charge in [0, 0.05) is 12.7 Å². The lowest BCUT2D eigenvalue weighted by atomic mass is 10.1. The van der Waals surface area contributed by atoms with Crippen LogP contribution in [0.1, 0.15) is 33.7 Å². The average Bonchev–Trinajstić information content (AvgIpc) is 3.15. The zero-order chi connectivity index (χ0) is 12.0. The SMILES string of the molecule is NCC(C1CC1)N1C(=O)c2cccnc2C1=O. The Balaban J connectivity index is 1.99. The normalized spacial score (nSPS) is 20.6. The summed E-state index contributed by atoms with van der Waals surface area (Å²) in [5.74, 6) is -0.171. The van der Waals surface area contributed by atoms with Gasteiger partial charge in [-0.05, 0) is 30.9 Å². The van der Waals surface area contributed by atoms with Gasteiger partial charge in [-0.2, -0.15) is 0 Å². The van der Waals surface area contributed by atoms with Crippen molar-refractivity contribution in [3.05, 3.63) is 29.6 Å². The van der Waals surface area contributed by atoms with Gasteiger partial charge in [0.15, 0.2) is 0 Å². The summed E-state index contributed by atoms with van der Waals surface area (Å²) in [4.78, 5) is 29.6. The second-order valence-electron chi connectivity index (χ2n) is 4.52. The van der Waals surface area contributed by atoms with E-state index < -0.39 is 0 Å². The summed E-state index contributed by atoms with van der Waals surface area (Å²) in [5.41, 5.74) is 6.35. The molecule has 2 heterocycles. The Morgan fingerprint density at radius 1 is 1.41 bits per heavy atom. The minimum absolute atomic E-state index is 0.163. The smallest absolute Gasteiger partial charge is 0.280 e. The highest BCUT2D eigenvalue weighted by Gasteiger charge is 2.45. The van der Waals surface area contributed by atoms with Gasteiger partial charge in [0.1, 0.15) is 5.69 Å². The third kappa shape index (κ3) is 1.46. The van der Waals surface area contributed by atoms with E-state index in [0.717, 1.165) is 12.8 Å². The summed E-state index contributed by atoms with van der Waals surface area (Å²) in [6.07, 6.45) is 3.62. The molecule has 1 unspecified atom stereocenters. The Hall–Kier alpha value is -1.75. The predicted molar refractivity (Wildman–Crippen MR) is 60.3 cm³/mol. The number of hydrogen-bond acceptors (Lipinski definition) is 4. The molecular weight excluding hydrogens is 218 g/mol. The fourth-order valence-corrected chi connectivity index (χ4v) is 2.38. The molecule has 0 bridgehead atoms. The number of aromatic nitrogens is 1. The Morgan fingerprint density at radius 2 is 2.18 bits per heavy atom. The van der Waals surface area contributed by atoms with E-state index >= 15 is 0 Å². The monoisotopic (exact) mass is 231 g/mol. The zero-order valence-corrected chi connectivity index (χ0v) is 9.30. The minimum atomic E-state index is -0.298. The van der Waals surface area contributed by atoms with Crippen molar-refractivity contribution in [2.75, 3.05) is 6.54 Å². The number of amides is 2. The largest absolute Gasteiger partial charge is 0.328 e. The lowest BCUT2D eigenvalue weighted by molar-refractivity contribution is 0.0568. The van der Waals surface area contributed by atoms with E-state index in [-0.39, 0.29) is 23.6 Å². The van der Waals surface area contributed by atoms with Crippen molar-refractivity contribution >= 4 is 11.8 Å². The Bertz CT molecular complexity index is 461. The molecule has 88 valence electrons. The second-order valence-corrected chi connectivity index (χ2v) is 4.52. The van der Waals surface area contributed by atoms with Gasteiger partial charge in [0.05, 0.1) is 11.6 Å². The highest BCUT2D eigenvalue weighted by molar-refractivity contribution is 6.20. The van der Waals surface area contributed by atoms with E-state index in [1.54, 1.807) is 12.1 Å². The number of fused-ring (bicyclic) bond motifs is 1. The third-order valence-corrected chi connectivity index (χ3v) is 3.42. The number of imide groups is 1. The van der Waals surface area contributed by atoms with Gasteiger partial charge in [-0.25, -0.2) is 0 Å². The number of rotatable bonds is 3. The highest BCUT2D eigenvalue weighted by atomic mass is 16.2. The molecule has 0 aromatic carbocycles. The summed E-state index contributed by atoms with van der Waals surface area (Å²) in [6.45, 7) is 0.329. The van der Waals surface area contributed by atoms with Crippen LogP contribution in [0.15, 0.2) is 18.3 Å². The molecule has 1 fully saturated rings. The number of nitrogens with two attached hydrogens (primary N) is 1. The second kappa shape index (κ2) is 3.63. The molecule has 2 amide bonds. The predicted octanol–water partition coefficient (Wildman–Crippen LogP) is 0.415. The zero-order valence-electron chi connectivity index (χ0n) is 9.30. The summed E-state index contributed by atoms with van der Waals surface area (Å²) in [6, 6.07) is 3.15. The first-order chi connectivity index (χ1) is 8.24. The molecular formula is C12H13N3O2. The molecule has 0 radical (unpaired) electrons. The van der Waals surface area contributed by atoms with Crippen LogP contribution in [0.4, 0.5) is 0 Å². The van der Waals surface area contributed by atoms with Crippen molar-refractivity contribution in [1.82, 2.24) is 9.88 Å². The van der Waals surface area contributed by atoms with E-state index in [9.17, 15) is 9.59 Å². The summed E-state index contributed by atoms with van der Waals surface area (Å²) in [7, 11) is 0. The van der Waals surface area contributed by atoms with E-state index in [1.807, 2.05) is 0 Å². The molecule has 1 aromatic rings. The summed E-state index contributed by atoms with van der Waals surface area (Å²) in [5, 5.41) is 0. The minimum Gasteiger partial charge on any atom is -0.328 e. The van der Waals surface area contributed by atoms with Crippen LogP contribution in [0, 0.1) is 5.92 Å². The van der Waals surface area contributed by atoms with Crippen molar-refractivity contribution in [1.29, 1.82) is 0 Å². The number of carbonyl (C=O) groups is 2. The summed E-state index contributed by atoms with van der Waals surface area (Å²) < 4.78 is 0. The molecule has 1 saturated carbocycles. The Labute approximate surface area is 98.6 Å². The van der Waals surface area contributed by atoms with Gasteiger partial charge < -0.3 is 5.73 Å². The lowest BCUT2D eigenvalue weighted by Gasteiger charge is -2.24. The molecule has 5 nitrogen and oxygen atoms in total. The van der Waals surface area contributed by atoms with Gasteiger partial charge in [-0.3, -0.25) is 19.5 Å². The van der Waals surface area contributed by atoms with Crippen LogP contribution < -0.4 is 5.73 Å². The Morgan fingerprint density at radius 3 is 2.76 bits per heavy atom. The van der Waals surface area contributed by atoms with Crippen molar-refractivity contribution in [3.63, 3.8) is 0 Å². The summed E-state index contributed by atoms with van der Waals surface area (Å²) >= 11 is 0. The molecule has 5 heteroatoms. The topological polar surface area (TPSA) is 76.3 Å². The van der Waals surface area contributed by atoms with Crippen LogP contribution in [-0.4, -0.2) is 34.3 Å². The molecule has 17 heavy (non-hydrogen) atoms. The van der Waals surface area contributed by atoms with E-state index in [2.05, 4.69) is 4.98 Å². The van der Waals surface area contributed by atoms with E-state index in [1.165, 1.54) is 11.1 Å². The van der Waals surface area contributed by atoms with Crippen LogP contribution in [0.3, 0.4) is 0 Å². The van der Waals surface area contributed by atoms with Gasteiger partial charge in [0.25, 0.3) is 11.8 Å². The fraction of sp³-hybridized carbons (Fsp3) is 0.417. The molecule has 2 N–H and O–H groups in total. The van der Waals surface area contributed by atoms with Crippen LogP contribution in [0.25, 0.3) is 0 Å². The van der Waals surface area contributed by atoms with Crippen LogP contribution >= 0.6 is 0 Å². The van der Waals surface area contributed by atoms with Gasteiger partial charge in [-0.15, -0.1) is 0 Å². The third-order valence-electron chi connectivity index (χ3n) is 3.42. The molecule has 1 aliphatic carbocycles. The van der Waals surface area contributed by atoms with Crippen molar-refractivity contribution in [2.45, 2.75) is 18.9 Å². The Kier molecular flexibility index (Phi) is 2.22. The first kappa shape index (κ1) is 10.4. The van der Waals surface area contributed by atoms with E-state index in [0.29, 0.717) is 18.0 Å². The number of nitrogens with zero attached hydrogens (tertiary/aromatic N) is 2. The van der Waals surface area contributed by atoms with Crippen LogP contribution in [0.2, 0.25) is 0 Å². The lowest BCUT2D eigenvalue weighted by Crippen LogP contribution is -2.45. The molecule has 0 spiro atoms. The molecule has 1 aliphatic heterocycles. The van der Waals surface area contributed by atoms with Gasteiger partial charge >= 0.3 is 0 Å². The molecule has 1 atom stereocenters. The fourth-order valence-electron chi connectivity index (χ4n) is 2.38. The van der Waals surface area contributed by atoms with Gasteiger partial charge in [-0.1, -0.05) is 0 Å². The molecule has 1 aromatic heterocycles. The molecule has 0 saturated heterocycles. The molecule has 2 aliphatic rings. The first-order valence-corrected chi connectivity index (χ1v) is 5.77.